The van der Waals surface area contributed by atoms with E-state index >= 15 is 0 Å². The average molecular weight is 474 g/mol. The predicted octanol–water partition coefficient (Wildman–Crippen LogP) is 3.12. The number of carbonyl (C=O) groups excluding carboxylic acids is 2. The van der Waals surface area contributed by atoms with Gasteiger partial charge in [-0.15, -0.1) is 11.3 Å². The summed E-state index contributed by atoms with van der Waals surface area (Å²) >= 11 is 1.39. The Kier molecular flexibility index (Phi) is 6.47. The summed E-state index contributed by atoms with van der Waals surface area (Å²) in [5.74, 6) is 0.513. The molecule has 0 radical (unpaired) electrons. The molecule has 0 unspecified atom stereocenters. The second kappa shape index (κ2) is 9.32. The molecule has 3 N–H and O–H groups in total. The molecule has 2 atom stereocenters. The van der Waals surface area contributed by atoms with Crippen LogP contribution in [0.5, 0.6) is 0 Å². The fourth-order valence-corrected chi connectivity index (χ4v) is 4.23. The maximum Gasteiger partial charge on any atom is 0.409 e. The number of anilines is 2. The Morgan fingerprint density at radius 1 is 1.33 bits per heavy atom. The summed E-state index contributed by atoms with van der Waals surface area (Å²) in [6.45, 7) is 5.93. The van der Waals surface area contributed by atoms with Gasteiger partial charge < -0.3 is 20.1 Å². The van der Waals surface area contributed by atoms with E-state index in [0.29, 0.717) is 29.5 Å². The third kappa shape index (κ3) is 5.76. The molecule has 11 nitrogen and oxygen atoms in total. The van der Waals surface area contributed by atoms with Gasteiger partial charge in [0, 0.05) is 31.3 Å². The molecule has 12 heteroatoms. The molecule has 2 amide bonds. The zero-order valence-corrected chi connectivity index (χ0v) is 19.7. The van der Waals surface area contributed by atoms with Gasteiger partial charge in [-0.3, -0.25) is 14.8 Å². The highest BCUT2D eigenvalue weighted by Crippen LogP contribution is 2.26. The summed E-state index contributed by atoms with van der Waals surface area (Å²) in [4.78, 5) is 33.9. The largest absolute Gasteiger partial charge is 0.444 e. The van der Waals surface area contributed by atoms with Crippen molar-refractivity contribution >= 4 is 45.3 Å². The van der Waals surface area contributed by atoms with E-state index in [-0.39, 0.29) is 11.9 Å². The lowest BCUT2D eigenvalue weighted by Crippen LogP contribution is -2.52. The number of hydrogen-bond donors (Lipinski definition) is 3. The highest BCUT2D eigenvalue weighted by atomic mass is 32.1. The van der Waals surface area contributed by atoms with Crippen LogP contribution in [0.15, 0.2) is 23.8 Å². The van der Waals surface area contributed by atoms with Crippen LogP contribution < -0.4 is 16.0 Å². The van der Waals surface area contributed by atoms with Gasteiger partial charge in [0.05, 0.1) is 28.0 Å². The standard InChI is InChI=1S/C21H27N7O4S/c1-21(2,3)32-20(30)26-18-13(6-5-9-31-18)23-19-22-10-14-16(25-19)12(11-33-14)17(29)24-15-7-8-28(4)27-15/h7-8,10-11,13,18H,5-6,9H2,1-4H3,(H,26,30)(H,22,23,25)(H,24,27,29)/t13-,18-/m1/s1. The van der Waals surface area contributed by atoms with Crippen molar-refractivity contribution in [1.82, 2.24) is 25.1 Å². The molecule has 4 rings (SSSR count). The van der Waals surface area contributed by atoms with Crippen molar-refractivity contribution in [2.24, 2.45) is 7.05 Å². The second-order valence-corrected chi connectivity index (χ2v) is 9.63. The van der Waals surface area contributed by atoms with Crippen molar-refractivity contribution in [3.8, 4) is 0 Å². The van der Waals surface area contributed by atoms with E-state index in [1.165, 1.54) is 11.3 Å². The number of rotatable bonds is 5. The van der Waals surface area contributed by atoms with Gasteiger partial charge in [0.25, 0.3) is 5.91 Å². The first-order valence-electron chi connectivity index (χ1n) is 10.6. The third-order valence-corrected chi connectivity index (χ3v) is 5.72. The Bertz CT molecular complexity index is 1150. The van der Waals surface area contributed by atoms with Gasteiger partial charge in [0.1, 0.15) is 5.60 Å². The lowest BCUT2D eigenvalue weighted by Gasteiger charge is -2.33. The van der Waals surface area contributed by atoms with Gasteiger partial charge in [0.15, 0.2) is 12.0 Å². The van der Waals surface area contributed by atoms with Gasteiger partial charge in [-0.2, -0.15) is 5.10 Å². The number of ether oxygens (including phenoxy) is 2. The van der Waals surface area contributed by atoms with E-state index in [4.69, 9.17) is 9.47 Å². The Morgan fingerprint density at radius 3 is 2.88 bits per heavy atom. The molecule has 33 heavy (non-hydrogen) atoms. The third-order valence-electron chi connectivity index (χ3n) is 4.81. The summed E-state index contributed by atoms with van der Waals surface area (Å²) in [6.07, 6.45) is 3.85. The predicted molar refractivity (Wildman–Crippen MR) is 124 cm³/mol. The van der Waals surface area contributed by atoms with Crippen LogP contribution in [0.3, 0.4) is 0 Å². The Morgan fingerprint density at radius 2 is 2.15 bits per heavy atom. The fourth-order valence-electron chi connectivity index (χ4n) is 3.38. The Balaban J connectivity index is 1.49. The lowest BCUT2D eigenvalue weighted by molar-refractivity contribution is -0.0237. The summed E-state index contributed by atoms with van der Waals surface area (Å²) in [5.41, 5.74) is 0.370. The van der Waals surface area contributed by atoms with E-state index in [9.17, 15) is 9.59 Å². The van der Waals surface area contributed by atoms with Crippen LogP contribution in [-0.4, -0.2) is 56.2 Å². The number of nitrogens with zero attached hydrogens (tertiary/aromatic N) is 4. The van der Waals surface area contributed by atoms with E-state index < -0.39 is 17.9 Å². The zero-order chi connectivity index (χ0) is 23.6. The van der Waals surface area contributed by atoms with Crippen LogP contribution in [-0.2, 0) is 16.5 Å². The van der Waals surface area contributed by atoms with Crippen molar-refractivity contribution in [3.63, 3.8) is 0 Å². The van der Waals surface area contributed by atoms with Crippen LogP contribution in [0.1, 0.15) is 44.0 Å². The van der Waals surface area contributed by atoms with Crippen molar-refractivity contribution in [3.05, 3.63) is 29.4 Å². The summed E-state index contributed by atoms with van der Waals surface area (Å²) in [7, 11) is 1.78. The minimum absolute atomic E-state index is 0.256. The molecule has 3 aromatic heterocycles. The van der Waals surface area contributed by atoms with Crippen molar-refractivity contribution in [2.75, 3.05) is 17.2 Å². The van der Waals surface area contributed by atoms with Crippen molar-refractivity contribution in [2.45, 2.75) is 51.5 Å². The number of carbonyl (C=O) groups is 2. The molecule has 1 aliphatic rings. The van der Waals surface area contributed by atoms with Gasteiger partial charge >= 0.3 is 6.09 Å². The van der Waals surface area contributed by atoms with Crippen LogP contribution in [0.2, 0.25) is 0 Å². The smallest absolute Gasteiger partial charge is 0.409 e. The number of alkyl carbamates (subject to hydrolysis) is 1. The average Bonchev–Trinajstić information content (AvgIpc) is 3.33. The van der Waals surface area contributed by atoms with Crippen LogP contribution >= 0.6 is 11.3 Å². The van der Waals surface area contributed by atoms with Crippen LogP contribution in [0.25, 0.3) is 10.2 Å². The van der Waals surface area contributed by atoms with Gasteiger partial charge in [-0.05, 0) is 33.6 Å². The molecule has 0 aromatic carbocycles. The molecular weight excluding hydrogens is 446 g/mol. The molecule has 3 aromatic rings. The molecule has 0 bridgehead atoms. The highest BCUT2D eigenvalue weighted by molar-refractivity contribution is 7.17. The second-order valence-electron chi connectivity index (χ2n) is 8.72. The normalized spacial score (nSPS) is 18.7. The monoisotopic (exact) mass is 473 g/mol. The SMILES string of the molecule is Cn1ccc(NC(=O)c2csc3cnc(N[C@@H]4CCCO[C@H]4NC(=O)OC(C)(C)C)nc23)n1. The maximum absolute atomic E-state index is 12.8. The molecule has 0 saturated carbocycles. The lowest BCUT2D eigenvalue weighted by atomic mass is 10.1. The zero-order valence-electron chi connectivity index (χ0n) is 18.9. The summed E-state index contributed by atoms with van der Waals surface area (Å²) < 4.78 is 13.5. The quantitative estimate of drug-likeness (QED) is 0.515. The molecular formula is C21H27N7O4S. The minimum atomic E-state index is -0.610. The first-order chi connectivity index (χ1) is 15.7. The number of nitrogens with one attached hydrogen (secondary N) is 3. The van der Waals surface area contributed by atoms with E-state index in [1.54, 1.807) is 56.3 Å². The number of aryl methyl sites for hydroxylation is 1. The fraction of sp³-hybridized carbons (Fsp3) is 0.476. The number of aromatic nitrogens is 4. The van der Waals surface area contributed by atoms with E-state index in [2.05, 4.69) is 31.0 Å². The van der Waals surface area contributed by atoms with Crippen LogP contribution in [0, 0.1) is 0 Å². The van der Waals surface area contributed by atoms with Gasteiger partial charge in [0.2, 0.25) is 5.95 Å². The number of fused-ring (bicyclic) bond motifs is 1. The molecule has 4 heterocycles. The maximum atomic E-state index is 12.8. The minimum Gasteiger partial charge on any atom is -0.444 e. The molecule has 0 spiro atoms. The topological polar surface area (TPSA) is 132 Å². The van der Waals surface area contributed by atoms with Crippen LogP contribution in [0.4, 0.5) is 16.6 Å². The first kappa shape index (κ1) is 22.9. The van der Waals surface area contributed by atoms with E-state index in [0.717, 1.165) is 17.5 Å². The Labute approximate surface area is 194 Å². The molecule has 176 valence electrons. The first-order valence-corrected chi connectivity index (χ1v) is 11.5. The number of hydrogen-bond acceptors (Lipinski definition) is 9. The van der Waals surface area contributed by atoms with Gasteiger partial charge in [-0.1, -0.05) is 0 Å². The van der Waals surface area contributed by atoms with Gasteiger partial charge in [-0.25, -0.2) is 14.8 Å². The number of thiophene rings is 1. The van der Waals surface area contributed by atoms with Crippen molar-refractivity contribution < 1.29 is 19.1 Å². The molecule has 1 aliphatic heterocycles. The number of amides is 2. The summed E-state index contributed by atoms with van der Waals surface area (Å²) in [6, 6.07) is 1.46. The molecule has 1 saturated heterocycles. The molecule has 0 aliphatic carbocycles. The van der Waals surface area contributed by atoms with Crippen molar-refractivity contribution in [1.29, 1.82) is 0 Å². The molecule has 1 fully saturated rings. The summed E-state index contributed by atoms with van der Waals surface area (Å²) in [5, 5.41) is 14.7. The van der Waals surface area contributed by atoms with E-state index in [1.807, 2.05) is 0 Å². The highest BCUT2D eigenvalue weighted by Gasteiger charge is 2.30. The Hall–Kier alpha value is -3.25.